The van der Waals surface area contributed by atoms with Crippen LogP contribution in [-0.2, 0) is 0 Å². The van der Waals surface area contributed by atoms with Gasteiger partial charge in [-0.15, -0.1) is 0 Å². The van der Waals surface area contributed by atoms with E-state index in [0.29, 0.717) is 10.6 Å². The second kappa shape index (κ2) is 3.04. The Hall–Kier alpha value is -0.530. The van der Waals surface area contributed by atoms with E-state index in [1.165, 1.54) is 0 Å². The Morgan fingerprint density at radius 3 is 2.40 bits per heavy atom. The highest BCUT2D eigenvalue weighted by Crippen LogP contribution is 2.20. The topological polar surface area (TPSA) is 20.2 Å². The molecule has 0 saturated carbocycles. The summed E-state index contributed by atoms with van der Waals surface area (Å²) in [6.45, 7) is 1.61. The lowest BCUT2D eigenvalue weighted by Crippen LogP contribution is -1.91. The molecule has 1 aromatic rings. The molecule has 0 unspecified atom stereocenters. The normalized spacial score (nSPS) is 10.4. The van der Waals surface area contributed by atoms with E-state index in [4.69, 9.17) is 16.7 Å². The minimum atomic E-state index is 0.255. The molecule has 0 aliphatic rings. The predicted octanol–water partition coefficient (Wildman–Crippen LogP) is 2.61. The average Bonchev–Trinajstić information content (AvgIpc) is 1.88. The van der Waals surface area contributed by atoms with Crippen molar-refractivity contribution >= 4 is 11.6 Å². The maximum atomic E-state index is 9.04. The van der Waals surface area contributed by atoms with Crippen molar-refractivity contribution in [1.29, 1.82) is 0 Å². The molecule has 1 rings (SSSR count). The molecule has 0 saturated heterocycles. The fourth-order valence-corrected chi connectivity index (χ4v) is 1.03. The fraction of sp³-hybridized carbons (Fsp3) is 0.125. The van der Waals surface area contributed by atoms with Crippen molar-refractivity contribution in [3.8, 4) is 0 Å². The lowest BCUT2D eigenvalue weighted by Gasteiger charge is -2.03. The van der Waals surface area contributed by atoms with Gasteiger partial charge in [-0.3, -0.25) is 0 Å². The summed E-state index contributed by atoms with van der Waals surface area (Å²) in [4.78, 5) is 0. The molecule has 0 aliphatic carbocycles. The van der Waals surface area contributed by atoms with Crippen LogP contribution in [0.15, 0.2) is 24.3 Å². The van der Waals surface area contributed by atoms with Crippen LogP contribution in [0.25, 0.3) is 0 Å². The standard InChI is InChI=1S/C8H8ClO/c1-6(10)7-4-2-3-5-8(7)9/h2-5,10H,1H3. The quantitative estimate of drug-likeness (QED) is 0.661. The summed E-state index contributed by atoms with van der Waals surface area (Å²) in [7, 11) is 0. The van der Waals surface area contributed by atoms with Gasteiger partial charge in [0.1, 0.15) is 6.10 Å². The van der Waals surface area contributed by atoms with Crippen LogP contribution in [0.3, 0.4) is 0 Å². The summed E-state index contributed by atoms with van der Waals surface area (Å²) in [5.74, 6) is 0. The molecule has 2 heteroatoms. The van der Waals surface area contributed by atoms with Crippen LogP contribution in [0.4, 0.5) is 0 Å². The Balaban J connectivity index is 3.03. The van der Waals surface area contributed by atoms with E-state index < -0.39 is 0 Å². The van der Waals surface area contributed by atoms with Crippen LogP contribution >= 0.6 is 11.6 Å². The van der Waals surface area contributed by atoms with Crippen LogP contribution in [-0.4, -0.2) is 5.11 Å². The van der Waals surface area contributed by atoms with Gasteiger partial charge >= 0.3 is 0 Å². The number of aliphatic hydroxyl groups excluding tert-OH is 1. The van der Waals surface area contributed by atoms with E-state index in [9.17, 15) is 0 Å². The van der Waals surface area contributed by atoms with Gasteiger partial charge in [-0.25, -0.2) is 0 Å². The lowest BCUT2D eigenvalue weighted by molar-refractivity contribution is 0.341. The molecule has 0 bridgehead atoms. The van der Waals surface area contributed by atoms with Crippen molar-refractivity contribution in [2.24, 2.45) is 0 Å². The fourth-order valence-electron chi connectivity index (χ4n) is 0.755. The van der Waals surface area contributed by atoms with Gasteiger partial charge in [-0.05, 0) is 13.0 Å². The first-order valence-corrected chi connectivity index (χ1v) is 3.37. The van der Waals surface area contributed by atoms with E-state index in [1.807, 2.05) is 12.1 Å². The van der Waals surface area contributed by atoms with Crippen molar-refractivity contribution in [3.05, 3.63) is 41.0 Å². The van der Waals surface area contributed by atoms with Gasteiger partial charge in [-0.2, -0.15) is 0 Å². The monoisotopic (exact) mass is 155 g/mol. The van der Waals surface area contributed by atoms with Crippen molar-refractivity contribution < 1.29 is 5.11 Å². The number of aliphatic hydroxyl groups is 1. The van der Waals surface area contributed by atoms with Crippen molar-refractivity contribution in [2.75, 3.05) is 0 Å². The number of hydrogen-bond donors (Lipinski definition) is 1. The first-order valence-electron chi connectivity index (χ1n) is 2.99. The third-order valence-corrected chi connectivity index (χ3v) is 1.59. The Labute approximate surface area is 65.3 Å². The van der Waals surface area contributed by atoms with Gasteiger partial charge in [0.15, 0.2) is 0 Å². The molecule has 1 nitrogen and oxygen atoms in total. The Morgan fingerprint density at radius 2 is 2.00 bits per heavy atom. The van der Waals surface area contributed by atoms with Crippen LogP contribution in [0.2, 0.25) is 5.02 Å². The number of rotatable bonds is 1. The summed E-state index contributed by atoms with van der Waals surface area (Å²) in [6, 6.07) is 7.18. The number of halogens is 1. The SMILES string of the molecule is C[C](O)c1ccccc1Cl. The molecule has 53 valence electrons. The largest absolute Gasteiger partial charge is 0.382 e. The minimum Gasteiger partial charge on any atom is -0.382 e. The third kappa shape index (κ3) is 1.49. The molecule has 1 radical (unpaired) electrons. The van der Waals surface area contributed by atoms with Gasteiger partial charge in [0.05, 0.1) is 0 Å². The summed E-state index contributed by atoms with van der Waals surface area (Å²) in [6.07, 6.45) is 0.255. The molecule has 10 heavy (non-hydrogen) atoms. The van der Waals surface area contributed by atoms with Crippen LogP contribution in [0, 0.1) is 6.10 Å². The maximum absolute atomic E-state index is 9.04. The zero-order chi connectivity index (χ0) is 7.56. The number of hydrogen-bond acceptors (Lipinski definition) is 1. The molecule has 0 fully saturated rings. The summed E-state index contributed by atoms with van der Waals surface area (Å²) >= 11 is 5.74. The molecular formula is C8H8ClO. The highest BCUT2D eigenvalue weighted by atomic mass is 35.5. The zero-order valence-corrected chi connectivity index (χ0v) is 6.39. The van der Waals surface area contributed by atoms with E-state index in [-0.39, 0.29) is 6.10 Å². The molecule has 0 heterocycles. The Morgan fingerprint density at radius 1 is 1.40 bits per heavy atom. The third-order valence-electron chi connectivity index (χ3n) is 1.26. The van der Waals surface area contributed by atoms with Gasteiger partial charge in [0.25, 0.3) is 0 Å². The summed E-state index contributed by atoms with van der Waals surface area (Å²) in [5.41, 5.74) is 0.698. The van der Waals surface area contributed by atoms with Crippen LogP contribution < -0.4 is 0 Å². The molecule has 0 amide bonds. The zero-order valence-electron chi connectivity index (χ0n) is 5.63. The van der Waals surface area contributed by atoms with E-state index in [1.54, 1.807) is 19.1 Å². The van der Waals surface area contributed by atoms with Crippen molar-refractivity contribution in [1.82, 2.24) is 0 Å². The predicted molar refractivity (Wildman–Crippen MR) is 41.4 cm³/mol. The molecule has 0 atom stereocenters. The first kappa shape index (κ1) is 7.58. The number of benzene rings is 1. The molecule has 1 N–H and O–H groups in total. The van der Waals surface area contributed by atoms with Gasteiger partial charge in [0.2, 0.25) is 0 Å². The van der Waals surface area contributed by atoms with Crippen LogP contribution in [0.5, 0.6) is 0 Å². The van der Waals surface area contributed by atoms with E-state index >= 15 is 0 Å². The van der Waals surface area contributed by atoms with E-state index in [0.717, 1.165) is 0 Å². The summed E-state index contributed by atoms with van der Waals surface area (Å²) < 4.78 is 0. The average molecular weight is 156 g/mol. The smallest absolute Gasteiger partial charge is 0.121 e. The maximum Gasteiger partial charge on any atom is 0.121 e. The van der Waals surface area contributed by atoms with Gasteiger partial charge in [-0.1, -0.05) is 29.8 Å². The molecule has 0 aliphatic heterocycles. The van der Waals surface area contributed by atoms with Gasteiger partial charge < -0.3 is 5.11 Å². The van der Waals surface area contributed by atoms with Crippen LogP contribution in [0.1, 0.15) is 12.5 Å². The second-order valence-corrected chi connectivity index (χ2v) is 2.47. The summed E-state index contributed by atoms with van der Waals surface area (Å²) in [5, 5.41) is 9.62. The lowest BCUT2D eigenvalue weighted by atomic mass is 10.1. The van der Waals surface area contributed by atoms with Gasteiger partial charge in [0, 0.05) is 10.6 Å². The van der Waals surface area contributed by atoms with E-state index in [2.05, 4.69) is 0 Å². The highest BCUT2D eigenvalue weighted by Gasteiger charge is 2.04. The second-order valence-electron chi connectivity index (χ2n) is 2.07. The Bertz CT molecular complexity index is 220. The Kier molecular flexibility index (Phi) is 2.30. The molecule has 0 aromatic heterocycles. The molecule has 0 spiro atoms. The van der Waals surface area contributed by atoms with Crippen molar-refractivity contribution in [3.63, 3.8) is 0 Å². The molecule has 1 aromatic carbocycles. The highest BCUT2D eigenvalue weighted by molar-refractivity contribution is 6.31. The first-order chi connectivity index (χ1) is 4.72. The minimum absolute atomic E-state index is 0.255. The van der Waals surface area contributed by atoms with Crippen molar-refractivity contribution in [2.45, 2.75) is 6.92 Å². The molecular weight excluding hydrogens is 148 g/mol.